The summed E-state index contributed by atoms with van der Waals surface area (Å²) >= 11 is 0. The molecule has 0 spiro atoms. The summed E-state index contributed by atoms with van der Waals surface area (Å²) in [4.78, 5) is 30.1. The Balaban J connectivity index is 1.25. The van der Waals surface area contributed by atoms with Crippen LogP contribution in [0.25, 0.3) is 5.57 Å². The Morgan fingerprint density at radius 3 is 2.35 bits per heavy atom. The Kier molecular flexibility index (Phi) is 5.60. The molecule has 0 unspecified atom stereocenters. The number of piperazine rings is 1. The maximum atomic E-state index is 13.1. The third-order valence-electron chi connectivity index (χ3n) is 6.95. The molecule has 5 heteroatoms. The fourth-order valence-corrected chi connectivity index (χ4v) is 5.25. The standard InChI is InChI=1S/C26H29N3O2/c30-25(28-13-10-20(11-14-28)19-6-2-1-3-7-19)18-24-26(31)27-12-15-29(24)23-16-21-8-4-5-9-22(21)17-23/h1-10,23-24H,11-18H2,(H,27,31)/t24-/m0/s1. The predicted molar refractivity (Wildman–Crippen MR) is 121 cm³/mol. The highest BCUT2D eigenvalue weighted by Crippen LogP contribution is 2.29. The third-order valence-corrected chi connectivity index (χ3v) is 6.95. The zero-order valence-corrected chi connectivity index (χ0v) is 17.8. The number of carbonyl (C=O) groups excluding carboxylic acids is 2. The average molecular weight is 416 g/mol. The van der Waals surface area contributed by atoms with E-state index in [2.05, 4.69) is 52.7 Å². The van der Waals surface area contributed by atoms with Gasteiger partial charge in [-0.1, -0.05) is 60.7 Å². The molecule has 5 rings (SSSR count). The van der Waals surface area contributed by atoms with E-state index in [9.17, 15) is 9.59 Å². The lowest BCUT2D eigenvalue weighted by atomic mass is 9.98. The van der Waals surface area contributed by atoms with Gasteiger partial charge in [0.05, 0.1) is 12.5 Å². The molecule has 160 valence electrons. The second-order valence-electron chi connectivity index (χ2n) is 8.76. The van der Waals surface area contributed by atoms with Crippen LogP contribution in [0.5, 0.6) is 0 Å². The van der Waals surface area contributed by atoms with E-state index in [1.54, 1.807) is 0 Å². The lowest BCUT2D eigenvalue weighted by molar-refractivity contribution is -0.139. The van der Waals surface area contributed by atoms with Crippen LogP contribution >= 0.6 is 0 Å². The van der Waals surface area contributed by atoms with Gasteiger partial charge in [-0.3, -0.25) is 14.5 Å². The number of rotatable bonds is 4. The van der Waals surface area contributed by atoms with Crippen molar-refractivity contribution in [1.29, 1.82) is 0 Å². The summed E-state index contributed by atoms with van der Waals surface area (Å²) in [6, 6.07) is 18.8. The molecule has 0 aromatic heterocycles. The summed E-state index contributed by atoms with van der Waals surface area (Å²) in [5.41, 5.74) is 5.27. The fourth-order valence-electron chi connectivity index (χ4n) is 5.25. The van der Waals surface area contributed by atoms with Crippen LogP contribution in [0.3, 0.4) is 0 Å². The Morgan fingerprint density at radius 1 is 0.968 bits per heavy atom. The highest BCUT2D eigenvalue weighted by molar-refractivity contribution is 5.89. The largest absolute Gasteiger partial charge is 0.353 e. The smallest absolute Gasteiger partial charge is 0.237 e. The molecule has 2 aromatic rings. The molecule has 1 N–H and O–H groups in total. The third kappa shape index (κ3) is 4.15. The molecule has 1 atom stereocenters. The minimum absolute atomic E-state index is 0.00641. The van der Waals surface area contributed by atoms with Crippen LogP contribution in [0.1, 0.15) is 29.5 Å². The summed E-state index contributed by atoms with van der Waals surface area (Å²) in [6.07, 6.45) is 5.19. The molecular formula is C26H29N3O2. The molecule has 3 aliphatic rings. The van der Waals surface area contributed by atoms with E-state index < -0.39 is 0 Å². The summed E-state index contributed by atoms with van der Waals surface area (Å²) < 4.78 is 0. The first kappa shape index (κ1) is 20.0. The zero-order valence-electron chi connectivity index (χ0n) is 17.8. The van der Waals surface area contributed by atoms with Crippen molar-refractivity contribution >= 4 is 17.4 Å². The zero-order chi connectivity index (χ0) is 21.2. The normalized spacial score (nSPS) is 22.1. The van der Waals surface area contributed by atoms with Crippen molar-refractivity contribution in [3.63, 3.8) is 0 Å². The fraction of sp³-hybridized carbons (Fsp3) is 0.385. The first-order valence-electron chi connectivity index (χ1n) is 11.3. The van der Waals surface area contributed by atoms with Gasteiger partial charge in [0.2, 0.25) is 11.8 Å². The molecule has 31 heavy (non-hydrogen) atoms. The molecule has 0 radical (unpaired) electrons. The number of fused-ring (bicyclic) bond motifs is 1. The van der Waals surface area contributed by atoms with Crippen LogP contribution in [0, 0.1) is 0 Å². The highest BCUT2D eigenvalue weighted by atomic mass is 16.2. The van der Waals surface area contributed by atoms with Crippen molar-refractivity contribution in [3.05, 3.63) is 77.4 Å². The topological polar surface area (TPSA) is 52.7 Å². The lowest BCUT2D eigenvalue weighted by Crippen LogP contribution is -2.60. The molecule has 1 saturated heterocycles. The van der Waals surface area contributed by atoms with Gasteiger partial charge in [0, 0.05) is 32.2 Å². The van der Waals surface area contributed by atoms with Crippen molar-refractivity contribution in [2.75, 3.05) is 26.2 Å². The number of amides is 2. The van der Waals surface area contributed by atoms with E-state index in [0.29, 0.717) is 25.7 Å². The van der Waals surface area contributed by atoms with Gasteiger partial charge in [-0.2, -0.15) is 0 Å². The minimum atomic E-state index is -0.375. The second-order valence-corrected chi connectivity index (χ2v) is 8.76. The molecule has 2 aliphatic heterocycles. The Morgan fingerprint density at radius 2 is 1.68 bits per heavy atom. The van der Waals surface area contributed by atoms with Gasteiger partial charge in [-0.25, -0.2) is 0 Å². The van der Waals surface area contributed by atoms with Crippen molar-refractivity contribution in [1.82, 2.24) is 15.1 Å². The monoisotopic (exact) mass is 415 g/mol. The van der Waals surface area contributed by atoms with E-state index in [4.69, 9.17) is 0 Å². The van der Waals surface area contributed by atoms with Gasteiger partial charge in [0.1, 0.15) is 0 Å². The molecular weight excluding hydrogens is 386 g/mol. The molecule has 2 heterocycles. The molecule has 1 aliphatic carbocycles. The van der Waals surface area contributed by atoms with E-state index >= 15 is 0 Å². The quantitative estimate of drug-likeness (QED) is 0.835. The van der Waals surface area contributed by atoms with Crippen LogP contribution in [0.15, 0.2) is 60.7 Å². The average Bonchev–Trinajstić information content (AvgIpc) is 3.25. The van der Waals surface area contributed by atoms with Crippen LogP contribution in [0.2, 0.25) is 0 Å². The van der Waals surface area contributed by atoms with Crippen LogP contribution in [-0.4, -0.2) is 59.9 Å². The molecule has 2 aromatic carbocycles. The van der Waals surface area contributed by atoms with E-state index in [1.165, 1.54) is 22.3 Å². The number of nitrogens with zero attached hydrogens (tertiary/aromatic N) is 2. The van der Waals surface area contributed by atoms with Crippen molar-refractivity contribution in [3.8, 4) is 0 Å². The summed E-state index contributed by atoms with van der Waals surface area (Å²) in [5, 5.41) is 2.98. The Bertz CT molecular complexity index is 976. The SMILES string of the molecule is O=C1NCCN(C2Cc3ccccc3C2)[C@H]1CC(=O)N1CC=C(c2ccccc2)CC1. The van der Waals surface area contributed by atoms with Gasteiger partial charge >= 0.3 is 0 Å². The van der Waals surface area contributed by atoms with Crippen LogP contribution < -0.4 is 5.32 Å². The van der Waals surface area contributed by atoms with Gasteiger partial charge in [-0.15, -0.1) is 0 Å². The highest BCUT2D eigenvalue weighted by Gasteiger charge is 2.38. The Labute approximate surface area is 183 Å². The molecule has 5 nitrogen and oxygen atoms in total. The van der Waals surface area contributed by atoms with Crippen molar-refractivity contribution in [2.45, 2.75) is 37.8 Å². The predicted octanol–water partition coefficient (Wildman–Crippen LogP) is 2.66. The Hall–Kier alpha value is -2.92. The van der Waals surface area contributed by atoms with Crippen LogP contribution in [0.4, 0.5) is 0 Å². The maximum Gasteiger partial charge on any atom is 0.237 e. The van der Waals surface area contributed by atoms with Gasteiger partial charge < -0.3 is 10.2 Å². The molecule has 0 saturated carbocycles. The van der Waals surface area contributed by atoms with Crippen molar-refractivity contribution in [2.24, 2.45) is 0 Å². The first-order chi connectivity index (χ1) is 15.2. The summed E-state index contributed by atoms with van der Waals surface area (Å²) in [7, 11) is 0. The number of nitrogens with one attached hydrogen (secondary N) is 1. The van der Waals surface area contributed by atoms with Gasteiger partial charge in [0.15, 0.2) is 0 Å². The van der Waals surface area contributed by atoms with Gasteiger partial charge in [0.25, 0.3) is 0 Å². The lowest BCUT2D eigenvalue weighted by Gasteiger charge is -2.39. The summed E-state index contributed by atoms with van der Waals surface area (Å²) in [6.45, 7) is 2.79. The molecule has 1 fully saturated rings. The van der Waals surface area contributed by atoms with E-state index in [-0.39, 0.29) is 24.3 Å². The summed E-state index contributed by atoms with van der Waals surface area (Å²) in [5.74, 6) is 0.0685. The number of carbonyl (C=O) groups is 2. The van der Waals surface area contributed by atoms with E-state index in [1.807, 2.05) is 23.1 Å². The van der Waals surface area contributed by atoms with Crippen molar-refractivity contribution < 1.29 is 9.59 Å². The molecule has 0 bridgehead atoms. The van der Waals surface area contributed by atoms with Gasteiger partial charge in [-0.05, 0) is 41.5 Å². The number of benzene rings is 2. The second kappa shape index (κ2) is 8.67. The number of hydrogen-bond acceptors (Lipinski definition) is 3. The van der Waals surface area contributed by atoms with Crippen LogP contribution in [-0.2, 0) is 22.4 Å². The minimum Gasteiger partial charge on any atom is -0.353 e. The van der Waals surface area contributed by atoms with E-state index in [0.717, 1.165) is 25.8 Å². The maximum absolute atomic E-state index is 13.1. The molecule has 2 amide bonds. The first-order valence-corrected chi connectivity index (χ1v) is 11.3. The number of hydrogen-bond donors (Lipinski definition) is 1.